The number of nitrogens with two attached hydrogens (primary N) is 1. The quantitative estimate of drug-likeness (QED) is 0.561. The number of carbonyl (C=O) groups is 3. The SMILES string of the molecule is CNC(=O)c1cc(C(=O)NCC[C@H]2CC[C@H](OC(N)=O)CC2)cn(Cc2ccccc2)c1=O. The molecule has 1 fully saturated rings. The number of nitrogens with zero attached hydrogens (tertiary/aromatic N) is 1. The van der Waals surface area contributed by atoms with Gasteiger partial charge in [-0.1, -0.05) is 30.3 Å². The number of hydrogen-bond donors (Lipinski definition) is 3. The van der Waals surface area contributed by atoms with Crippen molar-refractivity contribution in [2.75, 3.05) is 13.6 Å². The van der Waals surface area contributed by atoms with Crippen LogP contribution in [0, 0.1) is 5.92 Å². The Morgan fingerprint density at radius 3 is 2.42 bits per heavy atom. The van der Waals surface area contributed by atoms with E-state index in [2.05, 4.69) is 10.6 Å². The van der Waals surface area contributed by atoms with Crippen molar-refractivity contribution in [3.8, 4) is 0 Å². The molecule has 0 saturated heterocycles. The standard InChI is InChI=1S/C24H30N4O5/c1-26-22(30)20-13-18(15-28(23(20)31)14-17-5-3-2-4-6-17)21(29)27-12-11-16-7-9-19(10-8-16)33-24(25)32/h2-6,13,15-16,19H,7-12,14H2,1H3,(H2,25,32)(H,26,30)(H,27,29)/t16-,19-. The van der Waals surface area contributed by atoms with Crippen LogP contribution in [0.25, 0.3) is 0 Å². The number of aromatic nitrogens is 1. The van der Waals surface area contributed by atoms with Gasteiger partial charge in [0.15, 0.2) is 0 Å². The van der Waals surface area contributed by atoms with Gasteiger partial charge < -0.3 is 25.7 Å². The Morgan fingerprint density at radius 1 is 1.09 bits per heavy atom. The van der Waals surface area contributed by atoms with Gasteiger partial charge in [0.1, 0.15) is 11.7 Å². The highest BCUT2D eigenvalue weighted by atomic mass is 16.6. The van der Waals surface area contributed by atoms with Crippen LogP contribution in [-0.4, -0.2) is 42.2 Å². The van der Waals surface area contributed by atoms with Gasteiger partial charge in [-0.05, 0) is 49.7 Å². The Morgan fingerprint density at radius 2 is 1.79 bits per heavy atom. The fraction of sp³-hybridized carbons (Fsp3) is 0.417. The third-order valence-electron chi connectivity index (χ3n) is 5.93. The zero-order chi connectivity index (χ0) is 23.8. The molecule has 1 heterocycles. The van der Waals surface area contributed by atoms with Crippen molar-refractivity contribution in [3.05, 3.63) is 69.6 Å². The van der Waals surface area contributed by atoms with Gasteiger partial charge in [0.2, 0.25) is 0 Å². The number of primary amides is 1. The summed E-state index contributed by atoms with van der Waals surface area (Å²) >= 11 is 0. The monoisotopic (exact) mass is 454 g/mol. The molecular formula is C24H30N4O5. The van der Waals surface area contributed by atoms with Crippen LogP contribution in [0.2, 0.25) is 0 Å². The minimum atomic E-state index is -0.740. The van der Waals surface area contributed by atoms with E-state index in [1.807, 2.05) is 30.3 Å². The fourth-order valence-corrected chi connectivity index (χ4v) is 4.15. The average Bonchev–Trinajstić information content (AvgIpc) is 2.81. The average molecular weight is 455 g/mol. The smallest absolute Gasteiger partial charge is 0.404 e. The molecule has 9 nitrogen and oxygen atoms in total. The molecule has 3 amide bonds. The maximum absolute atomic E-state index is 12.8. The molecule has 4 N–H and O–H groups in total. The normalized spacial score (nSPS) is 17.7. The van der Waals surface area contributed by atoms with E-state index in [9.17, 15) is 19.2 Å². The summed E-state index contributed by atoms with van der Waals surface area (Å²) in [4.78, 5) is 48.7. The van der Waals surface area contributed by atoms with Gasteiger partial charge in [-0.3, -0.25) is 14.4 Å². The third kappa shape index (κ3) is 6.68. The number of pyridine rings is 1. The Balaban J connectivity index is 1.64. The maximum atomic E-state index is 12.8. The molecule has 1 aromatic carbocycles. The summed E-state index contributed by atoms with van der Waals surface area (Å²) in [6.45, 7) is 0.722. The number of nitrogens with one attached hydrogen (secondary N) is 2. The summed E-state index contributed by atoms with van der Waals surface area (Å²) in [6, 6.07) is 10.7. The van der Waals surface area contributed by atoms with Crippen molar-refractivity contribution in [1.29, 1.82) is 0 Å². The Hall–Kier alpha value is -3.62. The molecule has 0 spiro atoms. The largest absolute Gasteiger partial charge is 0.446 e. The van der Waals surface area contributed by atoms with E-state index < -0.39 is 17.6 Å². The van der Waals surface area contributed by atoms with Crippen molar-refractivity contribution in [2.45, 2.75) is 44.8 Å². The zero-order valence-electron chi connectivity index (χ0n) is 18.7. The molecule has 1 aliphatic carbocycles. The minimum Gasteiger partial charge on any atom is -0.446 e. The Bertz CT molecular complexity index is 1040. The molecule has 0 bridgehead atoms. The first-order valence-electron chi connectivity index (χ1n) is 11.1. The van der Waals surface area contributed by atoms with Crippen LogP contribution >= 0.6 is 0 Å². The van der Waals surface area contributed by atoms with E-state index >= 15 is 0 Å². The lowest BCUT2D eigenvalue weighted by atomic mass is 9.85. The second-order valence-electron chi connectivity index (χ2n) is 8.26. The van der Waals surface area contributed by atoms with Crippen LogP contribution in [0.15, 0.2) is 47.4 Å². The van der Waals surface area contributed by atoms with Crippen molar-refractivity contribution in [1.82, 2.24) is 15.2 Å². The Labute approximate surface area is 192 Å². The van der Waals surface area contributed by atoms with E-state index in [1.54, 1.807) is 0 Å². The molecular weight excluding hydrogens is 424 g/mol. The summed E-state index contributed by atoms with van der Waals surface area (Å²) in [5.74, 6) is -0.453. The van der Waals surface area contributed by atoms with Gasteiger partial charge in [0.05, 0.1) is 12.1 Å². The summed E-state index contributed by atoms with van der Waals surface area (Å²) in [7, 11) is 1.44. The van der Waals surface area contributed by atoms with Crippen LogP contribution in [-0.2, 0) is 11.3 Å². The van der Waals surface area contributed by atoms with Crippen molar-refractivity contribution in [3.63, 3.8) is 0 Å². The van der Waals surface area contributed by atoms with E-state index in [0.717, 1.165) is 37.7 Å². The molecule has 0 radical (unpaired) electrons. The first-order valence-corrected chi connectivity index (χ1v) is 11.1. The fourth-order valence-electron chi connectivity index (χ4n) is 4.15. The number of ether oxygens (including phenoxy) is 1. The second kappa shape index (κ2) is 11.3. The summed E-state index contributed by atoms with van der Waals surface area (Å²) in [6.07, 6.45) is 4.75. The van der Waals surface area contributed by atoms with Crippen molar-refractivity contribution in [2.24, 2.45) is 11.7 Å². The molecule has 2 aromatic rings. The van der Waals surface area contributed by atoms with E-state index in [1.165, 1.54) is 23.9 Å². The molecule has 1 aromatic heterocycles. The van der Waals surface area contributed by atoms with Crippen LogP contribution in [0.1, 0.15) is 58.4 Å². The molecule has 0 atom stereocenters. The second-order valence-corrected chi connectivity index (χ2v) is 8.26. The number of carbonyl (C=O) groups excluding carboxylic acids is 3. The number of amides is 3. The van der Waals surface area contributed by atoms with E-state index in [4.69, 9.17) is 10.5 Å². The topological polar surface area (TPSA) is 133 Å². The van der Waals surface area contributed by atoms with Gasteiger partial charge >= 0.3 is 6.09 Å². The highest BCUT2D eigenvalue weighted by Crippen LogP contribution is 2.28. The first-order chi connectivity index (χ1) is 15.9. The zero-order valence-corrected chi connectivity index (χ0v) is 18.7. The maximum Gasteiger partial charge on any atom is 0.404 e. The molecule has 0 unspecified atom stereocenters. The third-order valence-corrected chi connectivity index (χ3v) is 5.93. The highest BCUT2D eigenvalue weighted by molar-refractivity contribution is 5.99. The van der Waals surface area contributed by atoms with Gasteiger partial charge in [-0.25, -0.2) is 4.79 Å². The van der Waals surface area contributed by atoms with Crippen LogP contribution in [0.5, 0.6) is 0 Å². The summed E-state index contributed by atoms with van der Waals surface area (Å²) in [5.41, 5.74) is 5.68. The summed E-state index contributed by atoms with van der Waals surface area (Å²) in [5, 5.41) is 5.35. The molecule has 1 aliphatic rings. The lowest BCUT2D eigenvalue weighted by Gasteiger charge is -2.27. The molecule has 1 saturated carbocycles. The summed E-state index contributed by atoms with van der Waals surface area (Å²) < 4.78 is 6.44. The number of rotatable bonds is 8. The first kappa shape index (κ1) is 24.0. The van der Waals surface area contributed by atoms with E-state index in [-0.39, 0.29) is 29.7 Å². The molecule has 176 valence electrons. The van der Waals surface area contributed by atoms with Crippen LogP contribution in [0.3, 0.4) is 0 Å². The van der Waals surface area contributed by atoms with Crippen LogP contribution in [0.4, 0.5) is 4.79 Å². The number of benzene rings is 1. The molecule has 3 rings (SSSR count). The predicted octanol–water partition coefficient (Wildman–Crippen LogP) is 2.03. The van der Waals surface area contributed by atoms with Gasteiger partial charge in [0, 0.05) is 19.8 Å². The lowest BCUT2D eigenvalue weighted by Crippen LogP contribution is -2.34. The molecule has 9 heteroatoms. The van der Waals surface area contributed by atoms with Crippen LogP contribution < -0.4 is 21.9 Å². The number of hydrogen-bond acceptors (Lipinski definition) is 5. The van der Waals surface area contributed by atoms with E-state index in [0.29, 0.717) is 12.5 Å². The van der Waals surface area contributed by atoms with Crippen molar-refractivity contribution >= 4 is 17.9 Å². The molecule has 0 aliphatic heterocycles. The Kier molecular flexibility index (Phi) is 8.23. The highest BCUT2D eigenvalue weighted by Gasteiger charge is 2.23. The predicted molar refractivity (Wildman–Crippen MR) is 123 cm³/mol. The van der Waals surface area contributed by atoms with Gasteiger partial charge in [-0.15, -0.1) is 0 Å². The molecule has 33 heavy (non-hydrogen) atoms. The van der Waals surface area contributed by atoms with Gasteiger partial charge in [0.25, 0.3) is 17.4 Å². The van der Waals surface area contributed by atoms with Gasteiger partial charge in [-0.2, -0.15) is 0 Å². The van der Waals surface area contributed by atoms with Crippen molar-refractivity contribution < 1.29 is 19.1 Å². The lowest BCUT2D eigenvalue weighted by molar-refractivity contribution is 0.0693. The minimum absolute atomic E-state index is 0.0751.